The molecule has 2 heterocycles. The minimum Gasteiger partial charge on any atom is -0.383 e. The van der Waals surface area contributed by atoms with Crippen LogP contribution in [0.4, 0.5) is 5.69 Å². The van der Waals surface area contributed by atoms with Gasteiger partial charge in [-0.05, 0) is 29.8 Å². The van der Waals surface area contributed by atoms with E-state index in [4.69, 9.17) is 9.47 Å². The molecule has 0 aliphatic carbocycles. The van der Waals surface area contributed by atoms with Crippen LogP contribution in [0.5, 0.6) is 0 Å². The van der Waals surface area contributed by atoms with E-state index in [0.29, 0.717) is 23.7 Å². The highest BCUT2D eigenvalue weighted by atomic mass is 32.1. The summed E-state index contributed by atoms with van der Waals surface area (Å²) in [6.07, 6.45) is -0.876. The van der Waals surface area contributed by atoms with Crippen LogP contribution in [0.25, 0.3) is 0 Å². The van der Waals surface area contributed by atoms with Gasteiger partial charge < -0.3 is 14.6 Å². The quantitative estimate of drug-likeness (QED) is 0.532. The molecular weight excluding hydrogens is 366 g/mol. The molecule has 3 aromatic rings. The fourth-order valence-corrected chi connectivity index (χ4v) is 4.28. The molecule has 0 spiro atoms. The summed E-state index contributed by atoms with van der Waals surface area (Å²) in [4.78, 5) is 11.9. The van der Waals surface area contributed by atoms with Crippen LogP contribution in [0.1, 0.15) is 27.0 Å². The van der Waals surface area contributed by atoms with E-state index in [0.717, 1.165) is 10.4 Å². The maximum absolute atomic E-state index is 10.8. The van der Waals surface area contributed by atoms with Crippen molar-refractivity contribution in [2.75, 3.05) is 13.2 Å². The number of thiophene rings is 1. The van der Waals surface area contributed by atoms with Gasteiger partial charge in [0.2, 0.25) is 5.79 Å². The van der Waals surface area contributed by atoms with Crippen LogP contribution in [-0.4, -0.2) is 23.2 Å². The molecule has 1 saturated heterocycles. The van der Waals surface area contributed by atoms with Crippen molar-refractivity contribution in [2.45, 2.75) is 11.9 Å². The van der Waals surface area contributed by atoms with Crippen LogP contribution < -0.4 is 0 Å². The van der Waals surface area contributed by atoms with E-state index in [1.54, 1.807) is 12.1 Å². The van der Waals surface area contributed by atoms with E-state index >= 15 is 0 Å². The second-order valence-corrected chi connectivity index (χ2v) is 7.25. The molecule has 1 aromatic heterocycles. The topological polar surface area (TPSA) is 81.8 Å². The molecule has 0 radical (unpaired) electrons. The maximum Gasteiger partial charge on any atom is 0.269 e. The predicted octanol–water partition coefficient (Wildman–Crippen LogP) is 3.99. The predicted molar refractivity (Wildman–Crippen MR) is 101 cm³/mol. The zero-order valence-electron chi connectivity index (χ0n) is 14.3. The molecule has 0 amide bonds. The smallest absolute Gasteiger partial charge is 0.269 e. The van der Waals surface area contributed by atoms with Gasteiger partial charge in [0, 0.05) is 22.6 Å². The summed E-state index contributed by atoms with van der Waals surface area (Å²) in [7, 11) is 0. The van der Waals surface area contributed by atoms with E-state index < -0.39 is 16.8 Å². The van der Waals surface area contributed by atoms with E-state index in [1.165, 1.54) is 23.5 Å². The number of non-ortho nitro benzene ring substituents is 1. The van der Waals surface area contributed by atoms with Gasteiger partial charge in [-0.25, -0.2) is 0 Å². The summed E-state index contributed by atoms with van der Waals surface area (Å²) in [6.45, 7) is 0.986. The number of benzene rings is 2. The number of hydrogen-bond donors (Lipinski definition) is 1. The number of ether oxygens (including phenoxy) is 2. The molecule has 0 saturated carbocycles. The molecule has 7 heteroatoms. The van der Waals surface area contributed by atoms with Gasteiger partial charge >= 0.3 is 0 Å². The second kappa shape index (κ2) is 7.21. The van der Waals surface area contributed by atoms with Gasteiger partial charge in [-0.2, -0.15) is 0 Å². The Hall–Kier alpha value is -2.58. The Labute approximate surface area is 159 Å². The van der Waals surface area contributed by atoms with Gasteiger partial charge in [0.1, 0.15) is 6.10 Å². The molecule has 6 nitrogen and oxygen atoms in total. The van der Waals surface area contributed by atoms with Gasteiger partial charge in [0.05, 0.1) is 23.0 Å². The lowest BCUT2D eigenvalue weighted by Crippen LogP contribution is -2.27. The minimum atomic E-state index is -0.959. The van der Waals surface area contributed by atoms with Crippen LogP contribution in [0.3, 0.4) is 0 Å². The number of nitro benzene ring substituents is 1. The lowest BCUT2D eigenvalue weighted by molar-refractivity contribution is -0.384. The number of nitro groups is 1. The zero-order valence-corrected chi connectivity index (χ0v) is 15.1. The summed E-state index contributed by atoms with van der Waals surface area (Å²) in [5.74, 6) is -0.959. The molecule has 27 heavy (non-hydrogen) atoms. The summed E-state index contributed by atoms with van der Waals surface area (Å²) in [5.41, 5.74) is 1.49. The molecule has 1 atom stereocenters. The monoisotopic (exact) mass is 383 g/mol. The molecule has 2 aromatic carbocycles. The molecule has 1 unspecified atom stereocenters. The second-order valence-electron chi connectivity index (χ2n) is 6.13. The third-order valence-corrected chi connectivity index (χ3v) is 5.71. The summed E-state index contributed by atoms with van der Waals surface area (Å²) >= 11 is 1.40. The van der Waals surface area contributed by atoms with Crippen LogP contribution in [0, 0.1) is 10.1 Å². The first kappa shape index (κ1) is 17.8. The largest absolute Gasteiger partial charge is 0.383 e. The van der Waals surface area contributed by atoms with E-state index in [-0.39, 0.29) is 5.69 Å². The van der Waals surface area contributed by atoms with Crippen molar-refractivity contribution in [3.63, 3.8) is 0 Å². The summed E-state index contributed by atoms with van der Waals surface area (Å²) in [6, 6.07) is 19.4. The maximum atomic E-state index is 10.8. The van der Waals surface area contributed by atoms with Crippen molar-refractivity contribution in [3.05, 3.63) is 97.7 Å². The first-order valence-electron chi connectivity index (χ1n) is 8.46. The number of aliphatic hydroxyl groups is 1. The fraction of sp³-hybridized carbons (Fsp3) is 0.200. The Morgan fingerprint density at radius 1 is 1.00 bits per heavy atom. The van der Waals surface area contributed by atoms with Crippen molar-refractivity contribution in [3.8, 4) is 0 Å². The van der Waals surface area contributed by atoms with Crippen molar-refractivity contribution in [1.29, 1.82) is 0 Å². The van der Waals surface area contributed by atoms with Gasteiger partial charge in [-0.3, -0.25) is 10.1 Å². The van der Waals surface area contributed by atoms with Crippen LogP contribution >= 0.6 is 11.3 Å². The highest BCUT2D eigenvalue weighted by Crippen LogP contribution is 2.43. The molecular formula is C20H17NO5S. The Morgan fingerprint density at radius 3 is 2.30 bits per heavy atom. The SMILES string of the molecule is O=[N+]([O-])c1ccc(C(O)c2ccc(C3(c4ccccc4)OCCO3)s2)cc1. The van der Waals surface area contributed by atoms with Crippen LogP contribution in [0.15, 0.2) is 66.7 Å². The average molecular weight is 383 g/mol. The highest BCUT2D eigenvalue weighted by molar-refractivity contribution is 7.12. The van der Waals surface area contributed by atoms with Crippen molar-refractivity contribution in [2.24, 2.45) is 0 Å². The first-order chi connectivity index (χ1) is 13.1. The fourth-order valence-electron chi connectivity index (χ4n) is 3.14. The number of nitrogens with zero attached hydrogens (tertiary/aromatic N) is 1. The summed E-state index contributed by atoms with van der Waals surface area (Å²) < 4.78 is 12.0. The third kappa shape index (κ3) is 3.26. The molecule has 1 aliphatic rings. The molecule has 138 valence electrons. The minimum absolute atomic E-state index is 0.00592. The normalized spacial score (nSPS) is 16.9. The number of hydrogen-bond acceptors (Lipinski definition) is 6. The standard InChI is InChI=1S/C20H17NO5S/c22-19(14-6-8-16(9-7-14)21(23)24)17-10-11-18(27-17)20(25-12-13-26-20)15-4-2-1-3-5-15/h1-11,19,22H,12-13H2. The lowest BCUT2D eigenvalue weighted by atomic mass is 10.0. The lowest BCUT2D eigenvalue weighted by Gasteiger charge is -2.26. The van der Waals surface area contributed by atoms with Gasteiger partial charge in [-0.1, -0.05) is 30.3 Å². The molecule has 0 bridgehead atoms. The van der Waals surface area contributed by atoms with Crippen LogP contribution in [-0.2, 0) is 15.3 Å². The number of rotatable bonds is 5. The molecule has 1 N–H and O–H groups in total. The Balaban J connectivity index is 1.65. The average Bonchev–Trinajstić information content (AvgIpc) is 3.38. The van der Waals surface area contributed by atoms with Crippen molar-refractivity contribution < 1.29 is 19.5 Å². The Bertz CT molecular complexity index is 933. The van der Waals surface area contributed by atoms with Crippen molar-refractivity contribution in [1.82, 2.24) is 0 Å². The molecule has 4 rings (SSSR count). The van der Waals surface area contributed by atoms with Gasteiger partial charge in [0.25, 0.3) is 5.69 Å². The van der Waals surface area contributed by atoms with Crippen LogP contribution in [0.2, 0.25) is 0 Å². The van der Waals surface area contributed by atoms with Gasteiger partial charge in [0.15, 0.2) is 0 Å². The highest BCUT2D eigenvalue weighted by Gasteiger charge is 2.42. The summed E-state index contributed by atoms with van der Waals surface area (Å²) in [5, 5.41) is 21.5. The Morgan fingerprint density at radius 2 is 1.67 bits per heavy atom. The Kier molecular flexibility index (Phi) is 4.75. The van der Waals surface area contributed by atoms with E-state index in [9.17, 15) is 15.2 Å². The van der Waals surface area contributed by atoms with Gasteiger partial charge in [-0.15, -0.1) is 11.3 Å². The van der Waals surface area contributed by atoms with E-state index in [2.05, 4.69) is 0 Å². The van der Waals surface area contributed by atoms with Crippen molar-refractivity contribution >= 4 is 17.0 Å². The molecule has 1 aliphatic heterocycles. The third-order valence-electron chi connectivity index (χ3n) is 4.49. The zero-order chi connectivity index (χ0) is 18.9. The van der Waals surface area contributed by atoms with E-state index in [1.807, 2.05) is 42.5 Å². The first-order valence-corrected chi connectivity index (χ1v) is 9.28. The number of aliphatic hydroxyl groups excluding tert-OH is 1. The molecule has 1 fully saturated rings.